The van der Waals surface area contributed by atoms with Gasteiger partial charge in [-0.3, -0.25) is 14.6 Å². The number of amides is 1. The highest BCUT2D eigenvalue weighted by atomic mass is 35.5. The van der Waals surface area contributed by atoms with Crippen LogP contribution < -0.4 is 4.90 Å². The van der Waals surface area contributed by atoms with Crippen molar-refractivity contribution in [2.24, 2.45) is 0 Å². The lowest BCUT2D eigenvalue weighted by molar-refractivity contribution is 0.0742. The van der Waals surface area contributed by atoms with E-state index in [1.54, 1.807) is 72.0 Å². The number of piperazine rings is 1. The Morgan fingerprint density at radius 1 is 0.862 bits per heavy atom. The number of benzene rings is 2. The number of carbonyl (C=O) groups is 2. The average molecular weight is 407 g/mol. The van der Waals surface area contributed by atoms with E-state index in [0.717, 1.165) is 5.82 Å². The first-order valence-electron chi connectivity index (χ1n) is 9.33. The van der Waals surface area contributed by atoms with Crippen molar-refractivity contribution in [3.8, 4) is 0 Å². The van der Waals surface area contributed by atoms with Crippen LogP contribution in [0.1, 0.15) is 26.3 Å². The molecule has 1 saturated heterocycles. The van der Waals surface area contributed by atoms with Gasteiger partial charge in [-0.05, 0) is 30.3 Å². The van der Waals surface area contributed by atoms with Crippen LogP contribution in [-0.4, -0.2) is 52.7 Å². The summed E-state index contributed by atoms with van der Waals surface area (Å²) in [5, 5.41) is 0.562. The van der Waals surface area contributed by atoms with Crippen LogP contribution >= 0.6 is 11.6 Å². The number of hydrogen-bond donors (Lipinski definition) is 0. The van der Waals surface area contributed by atoms with Gasteiger partial charge >= 0.3 is 0 Å². The molecule has 1 aromatic heterocycles. The summed E-state index contributed by atoms with van der Waals surface area (Å²) >= 11 is 5.92. The van der Waals surface area contributed by atoms with Crippen molar-refractivity contribution in [3.63, 3.8) is 0 Å². The Labute approximate surface area is 173 Å². The fourth-order valence-corrected chi connectivity index (χ4v) is 3.51. The molecule has 0 spiro atoms. The number of halogens is 1. The number of carbonyl (C=O) groups excluding carboxylic acids is 2. The van der Waals surface area contributed by atoms with Crippen LogP contribution in [0.2, 0.25) is 5.02 Å². The monoisotopic (exact) mass is 406 g/mol. The highest BCUT2D eigenvalue weighted by Crippen LogP contribution is 2.20. The quantitative estimate of drug-likeness (QED) is 0.622. The third-order valence-electron chi connectivity index (χ3n) is 4.95. The van der Waals surface area contributed by atoms with Gasteiger partial charge in [-0.1, -0.05) is 29.8 Å². The van der Waals surface area contributed by atoms with Crippen molar-refractivity contribution in [1.82, 2.24) is 14.9 Å². The van der Waals surface area contributed by atoms with Crippen molar-refractivity contribution in [1.29, 1.82) is 0 Å². The van der Waals surface area contributed by atoms with Crippen molar-refractivity contribution in [2.75, 3.05) is 31.1 Å². The van der Waals surface area contributed by atoms with Gasteiger partial charge in [-0.15, -0.1) is 0 Å². The smallest absolute Gasteiger partial charge is 0.254 e. The van der Waals surface area contributed by atoms with Crippen LogP contribution in [0.25, 0.3) is 0 Å². The maximum atomic E-state index is 13.2. The molecule has 1 aliphatic heterocycles. The molecular formula is C22H19ClN4O2. The highest BCUT2D eigenvalue weighted by molar-refractivity contribution is 6.30. The van der Waals surface area contributed by atoms with Crippen LogP contribution in [0.4, 0.5) is 5.82 Å². The Hall–Kier alpha value is -3.25. The van der Waals surface area contributed by atoms with Crippen LogP contribution in [0, 0.1) is 0 Å². The Bertz CT molecular complexity index is 1020. The van der Waals surface area contributed by atoms with Gasteiger partial charge in [0.1, 0.15) is 5.82 Å². The van der Waals surface area contributed by atoms with Gasteiger partial charge in [0.25, 0.3) is 5.91 Å². The fraction of sp³-hybridized carbons (Fsp3) is 0.182. The summed E-state index contributed by atoms with van der Waals surface area (Å²) in [6, 6.07) is 13.6. The summed E-state index contributed by atoms with van der Waals surface area (Å²) < 4.78 is 0. The van der Waals surface area contributed by atoms with Gasteiger partial charge in [0.15, 0.2) is 5.78 Å². The molecule has 1 fully saturated rings. The molecule has 2 aromatic carbocycles. The SMILES string of the molecule is O=C(c1ccc(Cl)cc1)c1ccccc1C(=O)N1CCN(c2cnccn2)CC1. The minimum atomic E-state index is -0.191. The number of ketones is 1. The van der Waals surface area contributed by atoms with Crippen molar-refractivity contribution in [3.05, 3.63) is 88.8 Å². The van der Waals surface area contributed by atoms with E-state index in [-0.39, 0.29) is 11.7 Å². The maximum absolute atomic E-state index is 13.2. The van der Waals surface area contributed by atoms with E-state index < -0.39 is 0 Å². The lowest BCUT2D eigenvalue weighted by Crippen LogP contribution is -2.49. The Morgan fingerprint density at radius 3 is 2.21 bits per heavy atom. The number of anilines is 1. The fourth-order valence-electron chi connectivity index (χ4n) is 3.39. The van der Waals surface area contributed by atoms with E-state index in [1.165, 1.54) is 0 Å². The predicted molar refractivity (Wildman–Crippen MR) is 111 cm³/mol. The Kier molecular flexibility index (Phi) is 5.53. The first kappa shape index (κ1) is 19.1. The normalized spacial score (nSPS) is 14.0. The van der Waals surface area contributed by atoms with E-state index >= 15 is 0 Å². The Morgan fingerprint density at radius 2 is 1.55 bits per heavy atom. The average Bonchev–Trinajstić information content (AvgIpc) is 2.79. The van der Waals surface area contributed by atoms with Gasteiger partial charge in [-0.2, -0.15) is 0 Å². The predicted octanol–water partition coefficient (Wildman–Crippen LogP) is 3.32. The molecule has 0 saturated carbocycles. The highest BCUT2D eigenvalue weighted by Gasteiger charge is 2.26. The summed E-state index contributed by atoms with van der Waals surface area (Å²) in [5.41, 5.74) is 1.32. The van der Waals surface area contributed by atoms with Crippen LogP contribution in [-0.2, 0) is 0 Å². The molecule has 29 heavy (non-hydrogen) atoms. The second-order valence-electron chi connectivity index (χ2n) is 6.72. The number of hydrogen-bond acceptors (Lipinski definition) is 5. The first-order chi connectivity index (χ1) is 14.1. The van der Waals surface area contributed by atoms with Gasteiger partial charge in [0, 0.05) is 54.7 Å². The largest absolute Gasteiger partial charge is 0.352 e. The zero-order chi connectivity index (χ0) is 20.2. The van der Waals surface area contributed by atoms with E-state index in [1.807, 2.05) is 0 Å². The molecule has 4 rings (SSSR count). The molecule has 1 amide bonds. The Balaban J connectivity index is 1.51. The third-order valence-corrected chi connectivity index (χ3v) is 5.20. The molecule has 0 atom stereocenters. The molecule has 0 aliphatic carbocycles. The first-order valence-corrected chi connectivity index (χ1v) is 9.71. The molecule has 7 heteroatoms. The number of aromatic nitrogens is 2. The van der Waals surface area contributed by atoms with Crippen molar-refractivity contribution < 1.29 is 9.59 Å². The van der Waals surface area contributed by atoms with Crippen molar-refractivity contribution in [2.45, 2.75) is 0 Å². The standard InChI is InChI=1S/C22H19ClN4O2/c23-17-7-5-16(6-8-17)21(28)18-3-1-2-4-19(18)22(29)27-13-11-26(12-14-27)20-15-24-9-10-25-20/h1-10,15H,11-14H2. The lowest BCUT2D eigenvalue weighted by Gasteiger charge is -2.35. The summed E-state index contributed by atoms with van der Waals surface area (Å²) in [6.07, 6.45) is 5.01. The van der Waals surface area contributed by atoms with E-state index in [0.29, 0.717) is 47.9 Å². The second kappa shape index (κ2) is 8.41. The summed E-state index contributed by atoms with van der Waals surface area (Å²) in [6.45, 7) is 2.44. The van der Waals surface area contributed by atoms with E-state index in [9.17, 15) is 9.59 Å². The topological polar surface area (TPSA) is 66.4 Å². The third kappa shape index (κ3) is 4.12. The minimum absolute atomic E-state index is 0.137. The van der Waals surface area contributed by atoms with E-state index in [4.69, 9.17) is 11.6 Å². The van der Waals surface area contributed by atoms with Gasteiger partial charge < -0.3 is 9.80 Å². The lowest BCUT2D eigenvalue weighted by atomic mass is 9.97. The molecule has 0 radical (unpaired) electrons. The molecular weight excluding hydrogens is 388 g/mol. The number of rotatable bonds is 4. The van der Waals surface area contributed by atoms with Crippen LogP contribution in [0.5, 0.6) is 0 Å². The second-order valence-corrected chi connectivity index (χ2v) is 7.16. The summed E-state index contributed by atoms with van der Waals surface area (Å²) in [7, 11) is 0. The van der Waals surface area contributed by atoms with Gasteiger partial charge in [-0.25, -0.2) is 4.98 Å². The molecule has 1 aliphatic rings. The van der Waals surface area contributed by atoms with Crippen LogP contribution in [0.15, 0.2) is 67.1 Å². The minimum Gasteiger partial charge on any atom is -0.352 e. The molecule has 0 unspecified atom stereocenters. The molecule has 0 bridgehead atoms. The molecule has 0 N–H and O–H groups in total. The van der Waals surface area contributed by atoms with E-state index in [2.05, 4.69) is 14.9 Å². The van der Waals surface area contributed by atoms with Gasteiger partial charge in [0.05, 0.1) is 11.8 Å². The molecule has 146 valence electrons. The summed E-state index contributed by atoms with van der Waals surface area (Å²) in [5.74, 6) is 0.475. The zero-order valence-corrected chi connectivity index (χ0v) is 16.4. The van der Waals surface area contributed by atoms with Crippen molar-refractivity contribution >= 4 is 29.1 Å². The van der Waals surface area contributed by atoms with Crippen LogP contribution in [0.3, 0.4) is 0 Å². The van der Waals surface area contributed by atoms with Gasteiger partial charge in [0.2, 0.25) is 0 Å². The summed E-state index contributed by atoms with van der Waals surface area (Å²) in [4.78, 5) is 38.4. The zero-order valence-electron chi connectivity index (χ0n) is 15.7. The maximum Gasteiger partial charge on any atom is 0.254 e. The number of nitrogens with zero attached hydrogens (tertiary/aromatic N) is 4. The molecule has 3 aromatic rings. The molecule has 6 nitrogen and oxygen atoms in total. The molecule has 2 heterocycles.